The number of carbonyl (C=O) groups is 1. The van der Waals surface area contributed by atoms with Gasteiger partial charge in [-0.2, -0.15) is 0 Å². The number of nitrogens with zero attached hydrogens (tertiary/aromatic N) is 1. The van der Waals surface area contributed by atoms with E-state index in [0.717, 1.165) is 16.5 Å². The summed E-state index contributed by atoms with van der Waals surface area (Å²) in [5.41, 5.74) is 1.90. The van der Waals surface area contributed by atoms with E-state index in [1.807, 2.05) is 45.0 Å². The van der Waals surface area contributed by atoms with Crippen LogP contribution in [0.3, 0.4) is 0 Å². The number of pyridine rings is 1. The van der Waals surface area contributed by atoms with Gasteiger partial charge in [-0.3, -0.25) is 9.78 Å². The van der Waals surface area contributed by atoms with E-state index >= 15 is 0 Å². The van der Waals surface area contributed by atoms with Gasteiger partial charge < -0.3 is 10.6 Å². The van der Waals surface area contributed by atoms with Crippen LogP contribution in [-0.2, 0) is 11.3 Å². The van der Waals surface area contributed by atoms with Crippen molar-refractivity contribution in [3.05, 3.63) is 41.0 Å². The van der Waals surface area contributed by atoms with Crippen molar-refractivity contribution in [3.8, 4) is 0 Å². The fourth-order valence-electron chi connectivity index (χ4n) is 2.10. The summed E-state index contributed by atoms with van der Waals surface area (Å²) < 4.78 is 0. The normalized spacial score (nSPS) is 12.6. The third-order valence-corrected chi connectivity index (χ3v) is 3.55. The van der Waals surface area contributed by atoms with E-state index in [2.05, 4.69) is 15.6 Å². The van der Waals surface area contributed by atoms with Gasteiger partial charge in [0.15, 0.2) is 0 Å². The molecule has 1 aromatic carbocycles. The Kier molecular flexibility index (Phi) is 5.15. The molecule has 21 heavy (non-hydrogen) atoms. The lowest BCUT2D eigenvalue weighted by atomic mass is 10.1. The number of nitrogens with one attached hydrogen (secondary N) is 2. The van der Waals surface area contributed by atoms with Crippen LogP contribution in [0.25, 0.3) is 10.9 Å². The summed E-state index contributed by atoms with van der Waals surface area (Å²) in [6.45, 7) is 6.31. The number of hydrogen-bond acceptors (Lipinski definition) is 3. The molecule has 0 aliphatic carbocycles. The summed E-state index contributed by atoms with van der Waals surface area (Å²) in [5, 5.41) is 7.72. The number of rotatable bonds is 5. The van der Waals surface area contributed by atoms with Crippen LogP contribution in [0, 0.1) is 0 Å². The third kappa shape index (κ3) is 3.93. The first-order valence-electron chi connectivity index (χ1n) is 7.05. The zero-order chi connectivity index (χ0) is 15.4. The van der Waals surface area contributed by atoms with Gasteiger partial charge in [0, 0.05) is 29.2 Å². The fraction of sp³-hybridized carbons (Fsp3) is 0.375. The number of fused-ring (bicyclic) bond motifs is 1. The lowest BCUT2D eigenvalue weighted by Crippen LogP contribution is -2.44. The molecule has 112 valence electrons. The van der Waals surface area contributed by atoms with Gasteiger partial charge in [0.25, 0.3) is 0 Å². The molecule has 0 fully saturated rings. The first-order valence-corrected chi connectivity index (χ1v) is 7.42. The largest absolute Gasteiger partial charge is 0.353 e. The average molecular weight is 306 g/mol. The van der Waals surface area contributed by atoms with Crippen LogP contribution in [0.15, 0.2) is 30.5 Å². The van der Waals surface area contributed by atoms with Crippen LogP contribution in [0.4, 0.5) is 0 Å². The van der Waals surface area contributed by atoms with Gasteiger partial charge in [0.2, 0.25) is 5.91 Å². The molecule has 0 spiro atoms. The second-order valence-corrected chi connectivity index (χ2v) is 5.78. The lowest BCUT2D eigenvalue weighted by molar-refractivity contribution is -0.123. The highest BCUT2D eigenvalue weighted by molar-refractivity contribution is 6.35. The molecule has 4 nitrogen and oxygen atoms in total. The number of aromatic nitrogens is 1. The van der Waals surface area contributed by atoms with Crippen molar-refractivity contribution in [2.45, 2.75) is 39.4 Å². The highest BCUT2D eigenvalue weighted by Crippen LogP contribution is 2.24. The molecule has 0 saturated carbocycles. The zero-order valence-electron chi connectivity index (χ0n) is 12.5. The van der Waals surface area contributed by atoms with Crippen molar-refractivity contribution in [3.63, 3.8) is 0 Å². The Labute approximate surface area is 129 Å². The molecule has 2 rings (SSSR count). The maximum atomic E-state index is 11.9. The smallest absolute Gasteiger partial charge is 0.237 e. The number of amides is 1. The fourth-order valence-corrected chi connectivity index (χ4v) is 2.32. The average Bonchev–Trinajstić information content (AvgIpc) is 2.46. The molecule has 0 radical (unpaired) electrons. The van der Waals surface area contributed by atoms with E-state index in [9.17, 15) is 4.79 Å². The van der Waals surface area contributed by atoms with Gasteiger partial charge in [0.1, 0.15) is 0 Å². The van der Waals surface area contributed by atoms with E-state index in [-0.39, 0.29) is 18.0 Å². The van der Waals surface area contributed by atoms with Crippen LogP contribution in [0.2, 0.25) is 5.02 Å². The van der Waals surface area contributed by atoms with Crippen molar-refractivity contribution in [2.24, 2.45) is 0 Å². The van der Waals surface area contributed by atoms with Gasteiger partial charge in [0.05, 0.1) is 11.6 Å². The van der Waals surface area contributed by atoms with Crippen molar-refractivity contribution in [1.29, 1.82) is 0 Å². The molecule has 0 aliphatic rings. The summed E-state index contributed by atoms with van der Waals surface area (Å²) in [6.07, 6.45) is 1.75. The molecule has 2 aromatic rings. The van der Waals surface area contributed by atoms with Crippen molar-refractivity contribution in [2.75, 3.05) is 0 Å². The summed E-state index contributed by atoms with van der Waals surface area (Å²) in [4.78, 5) is 16.3. The Bertz CT molecular complexity index is 642. The molecule has 2 N–H and O–H groups in total. The minimum atomic E-state index is -0.262. The Hall–Kier alpha value is -1.65. The van der Waals surface area contributed by atoms with Crippen LogP contribution < -0.4 is 10.6 Å². The van der Waals surface area contributed by atoms with Gasteiger partial charge >= 0.3 is 0 Å². The Morgan fingerprint density at radius 3 is 2.76 bits per heavy atom. The molecule has 0 saturated heterocycles. The van der Waals surface area contributed by atoms with E-state index in [1.54, 1.807) is 6.20 Å². The highest BCUT2D eigenvalue weighted by atomic mass is 35.5. The quantitative estimate of drug-likeness (QED) is 0.893. The van der Waals surface area contributed by atoms with Crippen LogP contribution >= 0.6 is 11.6 Å². The van der Waals surface area contributed by atoms with Gasteiger partial charge in [-0.1, -0.05) is 17.7 Å². The monoisotopic (exact) mass is 305 g/mol. The summed E-state index contributed by atoms with van der Waals surface area (Å²) in [7, 11) is 0. The summed E-state index contributed by atoms with van der Waals surface area (Å²) in [6, 6.07) is 7.49. The Balaban J connectivity index is 2.11. The minimum Gasteiger partial charge on any atom is -0.353 e. The molecule has 1 atom stereocenters. The first-order chi connectivity index (χ1) is 9.99. The van der Waals surface area contributed by atoms with Crippen LogP contribution in [0.1, 0.15) is 26.3 Å². The molecule has 5 heteroatoms. The third-order valence-electron chi connectivity index (χ3n) is 3.22. The molecular weight excluding hydrogens is 286 g/mol. The van der Waals surface area contributed by atoms with Crippen molar-refractivity contribution >= 4 is 28.4 Å². The maximum Gasteiger partial charge on any atom is 0.237 e. The molecule has 0 bridgehead atoms. The van der Waals surface area contributed by atoms with Crippen molar-refractivity contribution in [1.82, 2.24) is 15.6 Å². The minimum absolute atomic E-state index is 0.00349. The summed E-state index contributed by atoms with van der Waals surface area (Å²) in [5.74, 6) is -0.00349. The molecule has 1 amide bonds. The second kappa shape index (κ2) is 6.87. The number of hydrogen-bond donors (Lipinski definition) is 2. The molecule has 1 aromatic heterocycles. The SMILES string of the molecule is CC(C)NC(=O)C(C)NCc1ccc(Cl)c2cccnc12. The summed E-state index contributed by atoms with van der Waals surface area (Å²) >= 11 is 6.17. The van der Waals surface area contributed by atoms with Crippen LogP contribution in [0.5, 0.6) is 0 Å². The highest BCUT2D eigenvalue weighted by Gasteiger charge is 2.14. The Morgan fingerprint density at radius 2 is 2.05 bits per heavy atom. The van der Waals surface area contributed by atoms with Gasteiger partial charge in [-0.25, -0.2) is 0 Å². The first kappa shape index (κ1) is 15.7. The maximum absolute atomic E-state index is 11.9. The molecular formula is C16H20ClN3O. The van der Waals surface area contributed by atoms with Gasteiger partial charge in [-0.15, -0.1) is 0 Å². The zero-order valence-corrected chi connectivity index (χ0v) is 13.2. The standard InChI is InChI=1S/C16H20ClN3O/c1-10(2)20-16(21)11(3)19-9-12-6-7-14(17)13-5-4-8-18-15(12)13/h4-8,10-11,19H,9H2,1-3H3,(H,20,21). The number of benzene rings is 1. The van der Waals surface area contributed by atoms with Gasteiger partial charge in [-0.05, 0) is 44.5 Å². The van der Waals surface area contributed by atoms with E-state index in [4.69, 9.17) is 11.6 Å². The molecule has 1 unspecified atom stereocenters. The number of halogens is 1. The second-order valence-electron chi connectivity index (χ2n) is 5.37. The predicted octanol–water partition coefficient (Wildman–Crippen LogP) is 2.89. The Morgan fingerprint density at radius 1 is 1.29 bits per heavy atom. The van der Waals surface area contributed by atoms with E-state index in [0.29, 0.717) is 11.6 Å². The molecule has 1 heterocycles. The van der Waals surface area contributed by atoms with Crippen LogP contribution in [-0.4, -0.2) is 23.0 Å². The molecule has 0 aliphatic heterocycles. The number of carbonyl (C=O) groups excluding carboxylic acids is 1. The van der Waals surface area contributed by atoms with E-state index < -0.39 is 0 Å². The topological polar surface area (TPSA) is 54.0 Å². The van der Waals surface area contributed by atoms with Crippen molar-refractivity contribution < 1.29 is 4.79 Å². The lowest BCUT2D eigenvalue weighted by Gasteiger charge is -2.16. The van der Waals surface area contributed by atoms with E-state index in [1.165, 1.54) is 0 Å². The predicted molar refractivity (Wildman–Crippen MR) is 86.3 cm³/mol.